The molecule has 0 bridgehead atoms. The van der Waals surface area contributed by atoms with Crippen LogP contribution in [0.3, 0.4) is 0 Å². The van der Waals surface area contributed by atoms with Gasteiger partial charge >= 0.3 is 0 Å². The molecule has 264 valence electrons. The fourth-order valence-electron chi connectivity index (χ4n) is 0.427. The van der Waals surface area contributed by atoms with E-state index in [1.165, 1.54) is 24.8 Å². The van der Waals surface area contributed by atoms with Crippen LogP contribution in [-0.2, 0) is 0 Å². The molecule has 1 rings (SSSR count). The molecular formula is C39H108. The molecular weight excluding hydrogens is 468 g/mol. The Morgan fingerprint density at radius 3 is 0.282 bits per heavy atom. The van der Waals surface area contributed by atoms with Gasteiger partial charge in [0.05, 0.1) is 0 Å². The van der Waals surface area contributed by atoms with Crippen molar-refractivity contribution in [2.45, 2.75) is 138 Å². The largest absolute Gasteiger partial charge is 0.106 e. The first-order valence-electron chi connectivity index (χ1n) is 6.56. The summed E-state index contributed by atoms with van der Waals surface area (Å²) in [4.78, 5) is 0. The molecule has 0 radical (unpaired) electrons. The lowest BCUT2D eigenvalue weighted by atomic mass is 9.95. The van der Waals surface area contributed by atoms with Crippen LogP contribution in [0.15, 0.2) is 131 Å². The molecule has 0 amide bonds. The highest BCUT2D eigenvalue weighted by Gasteiger charge is 2.02. The van der Waals surface area contributed by atoms with E-state index in [1.54, 1.807) is 0 Å². The lowest BCUT2D eigenvalue weighted by Crippen LogP contribution is -1.92. The van der Waals surface area contributed by atoms with E-state index >= 15 is 0 Å². The van der Waals surface area contributed by atoms with E-state index in [1.807, 2.05) is 0 Å². The van der Waals surface area contributed by atoms with Gasteiger partial charge in [-0.05, 0) is 19.3 Å². The van der Waals surface area contributed by atoms with Crippen LogP contribution in [0.1, 0.15) is 138 Å². The Bertz CT molecular complexity index is 112. The molecule has 0 saturated heterocycles. The lowest BCUT2D eigenvalue weighted by Gasteiger charge is -2.11. The van der Waals surface area contributed by atoms with E-state index < -0.39 is 0 Å². The smallest absolute Gasteiger partial charge is 0.0320 e. The standard InChI is InChI=1S/C5H8.9C2H4.16CH4/c1-5-3-2-4-5;9*1-2;;;;;;;;;;;;;;;;/h1-4H2;9*1-2H2;16*1H4. The fraction of sp³-hybridized carbons (Fsp3) is 0.487. The van der Waals surface area contributed by atoms with E-state index in [9.17, 15) is 0 Å². The summed E-state index contributed by atoms with van der Waals surface area (Å²) in [7, 11) is 0. The van der Waals surface area contributed by atoms with Gasteiger partial charge in [-0.25, -0.2) is 0 Å². The van der Waals surface area contributed by atoms with Gasteiger partial charge in [0.1, 0.15) is 0 Å². The van der Waals surface area contributed by atoms with Crippen LogP contribution in [0.4, 0.5) is 0 Å². The Balaban J connectivity index is -0.00000000238. The van der Waals surface area contributed by atoms with Crippen molar-refractivity contribution >= 4 is 0 Å². The normalized spacial score (nSPS) is 3.74. The number of hydrogen-bond donors (Lipinski definition) is 0. The van der Waals surface area contributed by atoms with Gasteiger partial charge in [0.25, 0.3) is 0 Å². The van der Waals surface area contributed by atoms with Crippen LogP contribution in [0, 0.1) is 0 Å². The summed E-state index contributed by atoms with van der Waals surface area (Å²) in [6.07, 6.45) is 3.97. The first-order chi connectivity index (χ1) is 11.4. The van der Waals surface area contributed by atoms with Gasteiger partial charge in [-0.2, -0.15) is 0 Å². The Morgan fingerprint density at radius 1 is 0.231 bits per heavy atom. The van der Waals surface area contributed by atoms with Crippen molar-refractivity contribution < 1.29 is 0 Å². The van der Waals surface area contributed by atoms with E-state index in [4.69, 9.17) is 0 Å². The quantitative estimate of drug-likeness (QED) is 0.251. The second kappa shape index (κ2) is 3620. The number of hydrogen-bond acceptors (Lipinski definition) is 0. The van der Waals surface area contributed by atoms with Gasteiger partial charge in [-0.15, -0.1) is 118 Å². The molecule has 0 spiro atoms. The minimum atomic E-state index is 0. The maximum absolute atomic E-state index is 3.76. The maximum atomic E-state index is 3.76. The van der Waals surface area contributed by atoms with Crippen molar-refractivity contribution in [1.29, 1.82) is 0 Å². The first kappa shape index (κ1) is 351. The monoisotopic (exact) mass is 577 g/mol. The first-order valence-corrected chi connectivity index (χ1v) is 6.56. The fourth-order valence-corrected chi connectivity index (χ4v) is 0.427. The predicted octanol–water partition coefficient (Wildman–Crippen LogP) is 19.1. The third kappa shape index (κ3) is 3420. The van der Waals surface area contributed by atoms with Gasteiger partial charge in [0.2, 0.25) is 0 Å². The molecule has 0 nitrogen and oxygen atoms in total. The van der Waals surface area contributed by atoms with Crippen LogP contribution in [0.5, 0.6) is 0 Å². The molecule has 0 heteroatoms. The summed E-state index contributed by atoms with van der Waals surface area (Å²) in [6.45, 7) is 57.8. The molecule has 1 aliphatic rings. The van der Waals surface area contributed by atoms with Gasteiger partial charge in [0.15, 0.2) is 0 Å². The molecule has 0 aromatic rings. The Labute approximate surface area is 268 Å². The highest BCUT2D eigenvalue weighted by atomic mass is 14.1. The van der Waals surface area contributed by atoms with Gasteiger partial charge in [-0.3, -0.25) is 0 Å². The zero-order valence-corrected chi connectivity index (χ0v) is 16.1. The summed E-state index contributed by atoms with van der Waals surface area (Å²) in [5.74, 6) is 0. The SMILES string of the molecule is C.C.C.C.C.C.C.C.C.C.C.C.C.C.C.C.C=C.C=C.C=C.C=C.C=C.C=C.C=C.C=C.C=C.C=C1CCC1. The van der Waals surface area contributed by atoms with Crippen molar-refractivity contribution in [2.24, 2.45) is 0 Å². The highest BCUT2D eigenvalue weighted by Crippen LogP contribution is 2.21. The van der Waals surface area contributed by atoms with Crippen LogP contribution in [0.2, 0.25) is 0 Å². The summed E-state index contributed by atoms with van der Waals surface area (Å²) < 4.78 is 0. The van der Waals surface area contributed by atoms with Crippen molar-refractivity contribution in [3.05, 3.63) is 131 Å². The van der Waals surface area contributed by atoms with Gasteiger partial charge in [-0.1, -0.05) is 131 Å². The molecule has 0 N–H and O–H groups in total. The highest BCUT2D eigenvalue weighted by molar-refractivity contribution is 5.01. The van der Waals surface area contributed by atoms with Crippen molar-refractivity contribution in [3.63, 3.8) is 0 Å². The summed E-state index contributed by atoms with van der Waals surface area (Å²) in [5.41, 5.74) is 1.44. The third-order valence-corrected chi connectivity index (χ3v) is 1.06. The van der Waals surface area contributed by atoms with Crippen molar-refractivity contribution in [2.75, 3.05) is 0 Å². The average Bonchev–Trinajstić information content (AvgIpc) is 2.74. The number of rotatable bonds is 0. The molecule has 0 unspecified atom stereocenters. The third-order valence-electron chi connectivity index (χ3n) is 1.06. The molecule has 1 saturated carbocycles. The Kier molecular flexibility index (Phi) is 32600. The summed E-state index contributed by atoms with van der Waals surface area (Å²) in [6, 6.07) is 0. The summed E-state index contributed by atoms with van der Waals surface area (Å²) >= 11 is 0. The Hall–Kier alpha value is -2.60. The van der Waals surface area contributed by atoms with E-state index in [-0.39, 0.29) is 119 Å². The minimum Gasteiger partial charge on any atom is -0.106 e. The second-order valence-corrected chi connectivity index (χ2v) is 1.60. The van der Waals surface area contributed by atoms with Gasteiger partial charge < -0.3 is 0 Å². The maximum Gasteiger partial charge on any atom is -0.0320 e. The van der Waals surface area contributed by atoms with Crippen molar-refractivity contribution in [1.82, 2.24) is 0 Å². The van der Waals surface area contributed by atoms with Crippen LogP contribution < -0.4 is 0 Å². The molecule has 1 aliphatic carbocycles. The minimum absolute atomic E-state index is 0. The topological polar surface area (TPSA) is 0 Å². The second-order valence-electron chi connectivity index (χ2n) is 1.60. The van der Waals surface area contributed by atoms with Crippen LogP contribution >= 0.6 is 0 Å². The van der Waals surface area contributed by atoms with Crippen LogP contribution in [0.25, 0.3) is 0 Å². The zero-order chi connectivity index (χ0) is 21.7. The van der Waals surface area contributed by atoms with Crippen LogP contribution in [-0.4, -0.2) is 0 Å². The molecule has 0 aromatic carbocycles. The Morgan fingerprint density at radius 2 is 0.282 bits per heavy atom. The molecule has 0 aromatic heterocycles. The average molecular weight is 577 g/mol. The van der Waals surface area contributed by atoms with E-state index in [0.29, 0.717) is 0 Å². The summed E-state index contributed by atoms with van der Waals surface area (Å²) in [5, 5.41) is 0. The van der Waals surface area contributed by atoms with E-state index in [0.717, 1.165) is 0 Å². The molecule has 0 atom stereocenters. The predicted molar refractivity (Wildman–Crippen MR) is 232 cm³/mol. The molecule has 0 heterocycles. The molecule has 1 fully saturated rings. The van der Waals surface area contributed by atoms with Gasteiger partial charge in [0, 0.05) is 0 Å². The lowest BCUT2D eigenvalue weighted by molar-refractivity contribution is 0.667. The zero-order valence-electron chi connectivity index (χ0n) is 16.1. The van der Waals surface area contributed by atoms with E-state index in [2.05, 4.69) is 125 Å². The molecule has 0 aliphatic heterocycles. The molecule has 39 heavy (non-hydrogen) atoms. The number of allylic oxidation sites excluding steroid dienone is 1. The van der Waals surface area contributed by atoms with Crippen molar-refractivity contribution in [3.8, 4) is 0 Å².